The molecule has 5 nitrogen and oxygen atoms in total. The summed E-state index contributed by atoms with van der Waals surface area (Å²) in [6.45, 7) is 2.28. The number of aromatic nitrogens is 2. The SMILES string of the molecule is Cc1cccc(-c2noc(CN(C)C(=O)CSCc3ccc(Cl)c(Cl)c3)n2)c1. The molecule has 0 unspecified atom stereocenters. The highest BCUT2D eigenvalue weighted by Gasteiger charge is 2.15. The van der Waals surface area contributed by atoms with Gasteiger partial charge in [-0.15, -0.1) is 11.8 Å². The highest BCUT2D eigenvalue weighted by molar-refractivity contribution is 7.99. The van der Waals surface area contributed by atoms with Gasteiger partial charge in [0.25, 0.3) is 0 Å². The fourth-order valence-corrected chi connectivity index (χ4v) is 3.74. The molecular weight excluding hydrogens is 417 g/mol. The molecule has 0 fully saturated rings. The fraction of sp³-hybridized carbons (Fsp3) is 0.250. The Bertz CT molecular complexity index is 978. The lowest BCUT2D eigenvalue weighted by Crippen LogP contribution is -2.28. The molecule has 0 aliphatic rings. The summed E-state index contributed by atoms with van der Waals surface area (Å²) >= 11 is 13.4. The van der Waals surface area contributed by atoms with Crippen LogP contribution in [0.25, 0.3) is 11.4 Å². The normalized spacial score (nSPS) is 10.9. The number of carbonyl (C=O) groups is 1. The molecule has 1 aromatic heterocycles. The van der Waals surface area contributed by atoms with Gasteiger partial charge in [0.05, 0.1) is 22.3 Å². The number of nitrogens with zero attached hydrogens (tertiary/aromatic N) is 3. The Labute approximate surface area is 178 Å². The van der Waals surface area contributed by atoms with Crippen molar-refractivity contribution in [3.8, 4) is 11.4 Å². The van der Waals surface area contributed by atoms with E-state index >= 15 is 0 Å². The Morgan fingerprint density at radius 2 is 2.00 bits per heavy atom. The van der Waals surface area contributed by atoms with Crippen LogP contribution < -0.4 is 0 Å². The number of hydrogen-bond donors (Lipinski definition) is 0. The van der Waals surface area contributed by atoms with Gasteiger partial charge in [0.15, 0.2) is 0 Å². The Hall–Kier alpha value is -2.02. The lowest BCUT2D eigenvalue weighted by molar-refractivity contribution is -0.127. The summed E-state index contributed by atoms with van der Waals surface area (Å²) in [5, 5.41) is 5.05. The van der Waals surface area contributed by atoms with Gasteiger partial charge in [0, 0.05) is 18.4 Å². The van der Waals surface area contributed by atoms with Crippen LogP contribution in [0.2, 0.25) is 10.0 Å². The minimum absolute atomic E-state index is 0.0135. The highest BCUT2D eigenvalue weighted by atomic mass is 35.5. The first-order valence-corrected chi connectivity index (χ1v) is 10.5. The van der Waals surface area contributed by atoms with Crippen molar-refractivity contribution in [1.82, 2.24) is 15.0 Å². The number of benzene rings is 2. The van der Waals surface area contributed by atoms with Crippen molar-refractivity contribution in [2.75, 3.05) is 12.8 Å². The zero-order chi connectivity index (χ0) is 20.1. The third kappa shape index (κ3) is 5.50. The topological polar surface area (TPSA) is 59.2 Å². The maximum absolute atomic E-state index is 12.3. The number of aryl methyl sites for hydroxylation is 1. The largest absolute Gasteiger partial charge is 0.337 e. The lowest BCUT2D eigenvalue weighted by Gasteiger charge is -2.14. The molecular formula is C20H19Cl2N3O2S. The van der Waals surface area contributed by atoms with E-state index in [4.69, 9.17) is 27.7 Å². The fourth-order valence-electron chi connectivity index (χ4n) is 2.51. The molecule has 0 aliphatic heterocycles. The predicted molar refractivity (Wildman–Crippen MR) is 114 cm³/mol. The third-order valence-corrected chi connectivity index (χ3v) is 5.75. The second-order valence-electron chi connectivity index (χ2n) is 6.37. The molecule has 0 saturated carbocycles. The number of thioether (sulfide) groups is 1. The van der Waals surface area contributed by atoms with Crippen molar-refractivity contribution in [2.45, 2.75) is 19.2 Å². The summed E-state index contributed by atoms with van der Waals surface area (Å²) in [7, 11) is 1.72. The van der Waals surface area contributed by atoms with Gasteiger partial charge in [-0.25, -0.2) is 0 Å². The summed E-state index contributed by atoms with van der Waals surface area (Å²) in [5.74, 6) is 1.93. The number of carbonyl (C=O) groups excluding carboxylic acids is 1. The minimum Gasteiger partial charge on any atom is -0.337 e. The molecule has 0 N–H and O–H groups in total. The minimum atomic E-state index is -0.0135. The molecule has 3 rings (SSSR count). The zero-order valence-corrected chi connectivity index (χ0v) is 17.8. The van der Waals surface area contributed by atoms with E-state index in [1.54, 1.807) is 18.0 Å². The van der Waals surface area contributed by atoms with Crippen molar-refractivity contribution < 1.29 is 9.32 Å². The van der Waals surface area contributed by atoms with Gasteiger partial charge in [-0.1, -0.05) is 58.2 Å². The first-order chi connectivity index (χ1) is 13.4. The molecule has 0 atom stereocenters. The molecule has 0 saturated heterocycles. The molecule has 146 valence electrons. The van der Waals surface area contributed by atoms with Gasteiger partial charge < -0.3 is 9.42 Å². The number of rotatable bonds is 7. The van der Waals surface area contributed by atoms with Crippen molar-refractivity contribution in [1.29, 1.82) is 0 Å². The average molecular weight is 436 g/mol. The predicted octanol–water partition coefficient (Wildman–Crippen LogP) is 5.24. The van der Waals surface area contributed by atoms with Crippen LogP contribution in [0.5, 0.6) is 0 Å². The Morgan fingerprint density at radius 1 is 1.18 bits per heavy atom. The van der Waals surface area contributed by atoms with Gasteiger partial charge in [0.1, 0.15) is 0 Å². The maximum atomic E-state index is 12.3. The molecule has 1 heterocycles. The van der Waals surface area contributed by atoms with Crippen molar-refractivity contribution in [3.63, 3.8) is 0 Å². The van der Waals surface area contributed by atoms with Crippen LogP contribution in [0.4, 0.5) is 0 Å². The van der Waals surface area contributed by atoms with Gasteiger partial charge in [-0.2, -0.15) is 4.98 Å². The lowest BCUT2D eigenvalue weighted by atomic mass is 10.1. The van der Waals surface area contributed by atoms with E-state index in [0.29, 0.717) is 33.3 Å². The first-order valence-electron chi connectivity index (χ1n) is 8.57. The van der Waals surface area contributed by atoms with Crippen molar-refractivity contribution in [2.24, 2.45) is 0 Å². The van der Waals surface area contributed by atoms with Crippen LogP contribution in [-0.4, -0.2) is 33.7 Å². The zero-order valence-electron chi connectivity index (χ0n) is 15.5. The van der Waals surface area contributed by atoms with Gasteiger partial charge in [-0.3, -0.25) is 4.79 Å². The Balaban J connectivity index is 1.51. The van der Waals surface area contributed by atoms with E-state index < -0.39 is 0 Å². The van der Waals surface area contributed by atoms with Crippen molar-refractivity contribution >= 4 is 40.9 Å². The number of amides is 1. The highest BCUT2D eigenvalue weighted by Crippen LogP contribution is 2.25. The standard InChI is InChI=1S/C20H19Cl2N3O2S/c1-13-4-3-5-15(8-13)20-23-18(27-24-20)10-25(2)19(26)12-28-11-14-6-7-16(21)17(22)9-14/h3-9H,10-12H2,1-2H3. The first kappa shape index (κ1) is 20.7. The summed E-state index contributed by atoms with van der Waals surface area (Å²) in [4.78, 5) is 18.3. The molecule has 1 amide bonds. The molecule has 0 radical (unpaired) electrons. The second-order valence-corrected chi connectivity index (χ2v) is 8.17. The van der Waals surface area contributed by atoms with Crippen LogP contribution in [-0.2, 0) is 17.1 Å². The third-order valence-electron chi connectivity index (χ3n) is 4.02. The molecule has 3 aromatic rings. The molecule has 8 heteroatoms. The summed E-state index contributed by atoms with van der Waals surface area (Å²) < 4.78 is 5.29. The van der Waals surface area contributed by atoms with Gasteiger partial charge in [-0.05, 0) is 30.7 Å². The maximum Gasteiger partial charge on any atom is 0.246 e. The van der Waals surface area contributed by atoms with E-state index in [1.165, 1.54) is 11.8 Å². The quantitative estimate of drug-likeness (QED) is 0.507. The molecule has 0 bridgehead atoms. The smallest absolute Gasteiger partial charge is 0.246 e. The van der Waals surface area contributed by atoms with Gasteiger partial charge in [0.2, 0.25) is 17.6 Å². The van der Waals surface area contributed by atoms with Crippen LogP contribution in [0.1, 0.15) is 17.0 Å². The van der Waals surface area contributed by atoms with Gasteiger partial charge >= 0.3 is 0 Å². The molecule has 28 heavy (non-hydrogen) atoms. The Kier molecular flexibility index (Phi) is 6.99. The summed E-state index contributed by atoms with van der Waals surface area (Å²) in [6.07, 6.45) is 0. The van der Waals surface area contributed by atoms with E-state index in [-0.39, 0.29) is 12.5 Å². The number of hydrogen-bond acceptors (Lipinski definition) is 5. The van der Waals surface area contributed by atoms with Crippen LogP contribution in [0.3, 0.4) is 0 Å². The molecule has 2 aromatic carbocycles. The molecule has 0 aliphatic carbocycles. The van der Waals surface area contributed by atoms with E-state index in [2.05, 4.69) is 10.1 Å². The second kappa shape index (κ2) is 9.45. The monoisotopic (exact) mass is 435 g/mol. The van der Waals surface area contributed by atoms with Crippen LogP contribution >= 0.6 is 35.0 Å². The number of halogens is 2. The average Bonchev–Trinajstić information content (AvgIpc) is 3.13. The van der Waals surface area contributed by atoms with E-state index in [1.807, 2.05) is 43.3 Å². The van der Waals surface area contributed by atoms with Crippen LogP contribution in [0.15, 0.2) is 47.0 Å². The van der Waals surface area contributed by atoms with E-state index in [9.17, 15) is 4.79 Å². The Morgan fingerprint density at radius 3 is 2.75 bits per heavy atom. The summed E-state index contributed by atoms with van der Waals surface area (Å²) in [5.41, 5.74) is 3.03. The summed E-state index contributed by atoms with van der Waals surface area (Å²) in [6, 6.07) is 13.3. The van der Waals surface area contributed by atoms with Crippen LogP contribution in [0, 0.1) is 6.92 Å². The molecule has 0 spiro atoms. The van der Waals surface area contributed by atoms with E-state index in [0.717, 1.165) is 16.7 Å². The van der Waals surface area contributed by atoms with Crippen molar-refractivity contribution in [3.05, 3.63) is 69.5 Å².